The van der Waals surface area contributed by atoms with Gasteiger partial charge in [0.25, 0.3) is 0 Å². The van der Waals surface area contributed by atoms with Gasteiger partial charge in [0.1, 0.15) is 16.5 Å². The molecule has 0 spiro atoms. The summed E-state index contributed by atoms with van der Waals surface area (Å²) in [5.74, 6) is 0.478. The van der Waals surface area contributed by atoms with Gasteiger partial charge in [-0.05, 0) is 19.8 Å². The molecule has 4 rings (SSSR count). The molecule has 2 aromatic rings. The Morgan fingerprint density at radius 1 is 1.20 bits per heavy atom. The first-order valence-electron chi connectivity index (χ1n) is 9.70. The number of amides is 1. The quantitative estimate of drug-likeness (QED) is 0.528. The molecule has 30 heavy (non-hydrogen) atoms. The van der Waals surface area contributed by atoms with E-state index in [1.807, 2.05) is 11.0 Å². The van der Waals surface area contributed by atoms with Gasteiger partial charge in [0.15, 0.2) is 5.13 Å². The molecule has 2 fully saturated rings. The van der Waals surface area contributed by atoms with E-state index in [9.17, 15) is 19.8 Å². The highest BCUT2D eigenvalue weighted by Crippen LogP contribution is 2.28. The zero-order chi connectivity index (χ0) is 21.3. The molecule has 0 radical (unpaired) electrons. The van der Waals surface area contributed by atoms with Crippen molar-refractivity contribution in [2.75, 3.05) is 47.8 Å². The number of aliphatic hydroxyl groups is 1. The molecule has 0 aliphatic carbocycles. The number of carboxylic acids is 1. The van der Waals surface area contributed by atoms with Gasteiger partial charge in [-0.2, -0.15) is 9.97 Å². The first kappa shape index (κ1) is 20.3. The maximum Gasteiger partial charge on any atom is 0.347 e. The number of aromatic carboxylic acids is 1. The second-order valence-electron chi connectivity index (χ2n) is 7.26. The van der Waals surface area contributed by atoms with E-state index < -0.39 is 5.97 Å². The summed E-state index contributed by atoms with van der Waals surface area (Å²) in [7, 11) is 0. The zero-order valence-electron chi connectivity index (χ0n) is 16.5. The second-order valence-corrected chi connectivity index (χ2v) is 8.26. The van der Waals surface area contributed by atoms with Crippen LogP contribution in [0.2, 0.25) is 0 Å². The van der Waals surface area contributed by atoms with Crippen molar-refractivity contribution in [1.82, 2.24) is 20.3 Å². The SMILES string of the molecule is Cc1nc(Nc2nc(N3CCC(O)CC3)cc(N3CCNC(=O)C3)n2)sc1C(=O)O. The Labute approximate surface area is 176 Å². The van der Waals surface area contributed by atoms with Gasteiger partial charge in [0, 0.05) is 32.2 Å². The lowest BCUT2D eigenvalue weighted by Gasteiger charge is -2.32. The monoisotopic (exact) mass is 433 g/mol. The number of thiazole rings is 1. The molecule has 4 heterocycles. The summed E-state index contributed by atoms with van der Waals surface area (Å²) in [6.07, 6.45) is 1.00. The molecule has 12 heteroatoms. The van der Waals surface area contributed by atoms with Crippen molar-refractivity contribution in [3.05, 3.63) is 16.6 Å². The fourth-order valence-electron chi connectivity index (χ4n) is 3.47. The molecule has 4 N–H and O–H groups in total. The highest BCUT2D eigenvalue weighted by molar-refractivity contribution is 7.17. The molecule has 0 atom stereocenters. The van der Waals surface area contributed by atoms with Crippen LogP contribution in [0, 0.1) is 6.92 Å². The number of nitrogens with zero attached hydrogens (tertiary/aromatic N) is 5. The number of carbonyl (C=O) groups excluding carboxylic acids is 1. The number of hydrogen-bond donors (Lipinski definition) is 4. The summed E-state index contributed by atoms with van der Waals surface area (Å²) >= 11 is 1.02. The predicted molar refractivity (Wildman–Crippen MR) is 112 cm³/mol. The lowest BCUT2D eigenvalue weighted by molar-refractivity contribution is -0.120. The number of carboxylic acid groups (broad SMARTS) is 1. The fraction of sp³-hybridized carbons (Fsp3) is 0.500. The number of aromatic nitrogens is 3. The van der Waals surface area contributed by atoms with Crippen molar-refractivity contribution in [1.29, 1.82) is 0 Å². The molecule has 0 saturated carbocycles. The third kappa shape index (κ3) is 4.44. The summed E-state index contributed by atoms with van der Waals surface area (Å²) in [6, 6.07) is 1.84. The van der Waals surface area contributed by atoms with E-state index in [1.165, 1.54) is 0 Å². The molecule has 2 aliphatic rings. The predicted octanol–water partition coefficient (Wildman–Crippen LogP) is 0.581. The molecule has 0 bridgehead atoms. The lowest BCUT2D eigenvalue weighted by Crippen LogP contribution is -2.48. The van der Waals surface area contributed by atoms with Crippen molar-refractivity contribution in [3.8, 4) is 0 Å². The first-order chi connectivity index (χ1) is 14.4. The Morgan fingerprint density at radius 2 is 1.90 bits per heavy atom. The molecule has 0 unspecified atom stereocenters. The molecule has 2 aliphatic heterocycles. The number of anilines is 4. The third-order valence-corrected chi connectivity index (χ3v) is 6.12. The van der Waals surface area contributed by atoms with Gasteiger partial charge in [0.05, 0.1) is 18.3 Å². The van der Waals surface area contributed by atoms with Gasteiger partial charge in [0.2, 0.25) is 11.9 Å². The maximum absolute atomic E-state index is 11.8. The Morgan fingerprint density at radius 3 is 2.53 bits per heavy atom. The smallest absolute Gasteiger partial charge is 0.347 e. The normalized spacial score (nSPS) is 17.7. The summed E-state index contributed by atoms with van der Waals surface area (Å²) in [4.78, 5) is 40.6. The van der Waals surface area contributed by atoms with Crippen molar-refractivity contribution < 1.29 is 19.8 Å². The number of hydrogen-bond acceptors (Lipinski definition) is 10. The van der Waals surface area contributed by atoms with Crippen LogP contribution in [0.25, 0.3) is 0 Å². The summed E-state index contributed by atoms with van der Waals surface area (Å²) in [6.45, 7) is 4.33. The van der Waals surface area contributed by atoms with Crippen molar-refractivity contribution in [2.24, 2.45) is 0 Å². The van der Waals surface area contributed by atoms with Gasteiger partial charge in [-0.3, -0.25) is 10.1 Å². The molecule has 2 aromatic heterocycles. The highest BCUT2D eigenvalue weighted by Gasteiger charge is 2.23. The lowest BCUT2D eigenvalue weighted by atomic mass is 10.1. The minimum Gasteiger partial charge on any atom is -0.477 e. The minimum absolute atomic E-state index is 0.0707. The zero-order valence-corrected chi connectivity index (χ0v) is 17.3. The Kier molecular flexibility index (Phi) is 5.68. The number of piperidine rings is 1. The van der Waals surface area contributed by atoms with Gasteiger partial charge in [-0.15, -0.1) is 0 Å². The molecular formula is C18H23N7O4S. The Hall–Kier alpha value is -2.99. The number of piperazine rings is 1. The van der Waals surface area contributed by atoms with Crippen molar-refractivity contribution in [2.45, 2.75) is 25.9 Å². The fourth-order valence-corrected chi connectivity index (χ4v) is 4.27. The molecular weight excluding hydrogens is 410 g/mol. The number of aryl methyl sites for hydroxylation is 1. The van der Waals surface area contributed by atoms with E-state index in [0.717, 1.165) is 11.3 Å². The largest absolute Gasteiger partial charge is 0.477 e. The number of nitrogens with one attached hydrogen (secondary N) is 2. The van der Waals surface area contributed by atoms with Gasteiger partial charge >= 0.3 is 5.97 Å². The van der Waals surface area contributed by atoms with Crippen molar-refractivity contribution in [3.63, 3.8) is 0 Å². The van der Waals surface area contributed by atoms with Crippen LogP contribution in [0.15, 0.2) is 6.07 Å². The van der Waals surface area contributed by atoms with Gasteiger partial charge in [-0.25, -0.2) is 9.78 Å². The minimum atomic E-state index is -1.03. The summed E-state index contributed by atoms with van der Waals surface area (Å²) in [5.41, 5.74) is 0.420. The molecule has 2 saturated heterocycles. The molecule has 11 nitrogen and oxygen atoms in total. The van der Waals surface area contributed by atoms with Crippen LogP contribution in [0.4, 0.5) is 22.7 Å². The van der Waals surface area contributed by atoms with Gasteiger partial charge < -0.3 is 25.3 Å². The van der Waals surface area contributed by atoms with Crippen LogP contribution in [0.3, 0.4) is 0 Å². The summed E-state index contributed by atoms with van der Waals surface area (Å²) < 4.78 is 0. The van der Waals surface area contributed by atoms with Gasteiger partial charge in [-0.1, -0.05) is 11.3 Å². The average molecular weight is 433 g/mol. The number of rotatable bonds is 5. The number of aliphatic hydroxyl groups excluding tert-OH is 1. The standard InChI is InChI=1S/C18H23N7O4S/c1-10-15(16(28)29)30-18(20-10)23-17-21-12(24-5-2-11(26)3-6-24)8-13(22-17)25-7-4-19-14(27)9-25/h8,11,26H,2-7,9H2,1H3,(H,19,27)(H,28,29)(H,20,21,22,23). The van der Waals surface area contributed by atoms with E-state index in [-0.39, 0.29) is 29.4 Å². The van der Waals surface area contributed by atoms with Crippen molar-refractivity contribution >= 4 is 45.9 Å². The molecule has 160 valence electrons. The van der Waals surface area contributed by atoms with E-state index in [2.05, 4.69) is 30.5 Å². The van der Waals surface area contributed by atoms with Crippen LogP contribution in [-0.4, -0.2) is 75.9 Å². The molecule has 1 amide bonds. The second kappa shape index (κ2) is 8.40. The van der Waals surface area contributed by atoms with Crippen LogP contribution >= 0.6 is 11.3 Å². The first-order valence-corrected chi connectivity index (χ1v) is 10.5. The van der Waals surface area contributed by atoms with E-state index in [0.29, 0.717) is 61.5 Å². The maximum atomic E-state index is 11.8. The van der Waals surface area contributed by atoms with E-state index in [4.69, 9.17) is 0 Å². The topological polar surface area (TPSA) is 144 Å². The highest BCUT2D eigenvalue weighted by atomic mass is 32.1. The van der Waals surface area contributed by atoms with Crippen LogP contribution in [0.1, 0.15) is 28.2 Å². The van der Waals surface area contributed by atoms with Crippen LogP contribution in [-0.2, 0) is 4.79 Å². The molecule has 0 aromatic carbocycles. The van der Waals surface area contributed by atoms with E-state index in [1.54, 1.807) is 6.92 Å². The van der Waals surface area contributed by atoms with Crippen LogP contribution < -0.4 is 20.4 Å². The van der Waals surface area contributed by atoms with E-state index >= 15 is 0 Å². The average Bonchev–Trinajstić information content (AvgIpc) is 3.08. The summed E-state index contributed by atoms with van der Waals surface area (Å²) in [5, 5.41) is 25.3. The number of carbonyl (C=O) groups is 2. The Bertz CT molecular complexity index is 958. The Balaban J connectivity index is 1.65. The third-order valence-electron chi connectivity index (χ3n) is 5.06. The van der Waals surface area contributed by atoms with Crippen LogP contribution in [0.5, 0.6) is 0 Å².